The van der Waals surface area contributed by atoms with Crippen LogP contribution in [-0.2, 0) is 5.41 Å². The van der Waals surface area contributed by atoms with Crippen molar-refractivity contribution in [1.29, 1.82) is 0 Å². The summed E-state index contributed by atoms with van der Waals surface area (Å²) in [6.45, 7) is 10.2. The van der Waals surface area contributed by atoms with E-state index in [1.165, 1.54) is 0 Å². The molecule has 1 amide bonds. The van der Waals surface area contributed by atoms with Crippen molar-refractivity contribution in [1.82, 2.24) is 15.1 Å². The molecule has 2 rings (SSSR count). The van der Waals surface area contributed by atoms with E-state index in [0.717, 1.165) is 5.69 Å². The van der Waals surface area contributed by atoms with Gasteiger partial charge >= 0.3 is 5.91 Å². The summed E-state index contributed by atoms with van der Waals surface area (Å²) in [7, 11) is 0. The van der Waals surface area contributed by atoms with E-state index in [2.05, 4.69) is 36.2 Å². The van der Waals surface area contributed by atoms with Crippen molar-refractivity contribution in [2.45, 2.75) is 46.1 Å². The Kier molecular flexibility index (Phi) is 2.97. The predicted molar refractivity (Wildman–Crippen MR) is 70.7 cm³/mol. The molecule has 0 unspecified atom stereocenters. The standard InChI is InChI=1S/C12H16ClN4O/c1-6(2)17-9(12(3,4)5)7-8(16-17)10(18)15-11(13)14-7/h6H,1-5H3. The SMILES string of the molecule is CC(C)n1nc2c(c1C(C)(C)C)N=C(Cl)[N]C2=O. The Bertz CT molecular complexity index is 537. The van der Waals surface area contributed by atoms with Crippen molar-refractivity contribution in [2.24, 2.45) is 4.99 Å². The topological polar surface area (TPSA) is 61.4 Å². The van der Waals surface area contributed by atoms with Crippen molar-refractivity contribution in [2.75, 3.05) is 0 Å². The second-order valence-electron chi connectivity index (χ2n) is 5.63. The van der Waals surface area contributed by atoms with Gasteiger partial charge in [0.25, 0.3) is 0 Å². The van der Waals surface area contributed by atoms with Crippen molar-refractivity contribution in [3.8, 4) is 0 Å². The summed E-state index contributed by atoms with van der Waals surface area (Å²) in [6, 6.07) is 0.145. The zero-order chi connectivity index (χ0) is 13.7. The molecular formula is C12H16ClN4O. The number of hydrogen-bond acceptors (Lipinski definition) is 3. The first-order chi connectivity index (χ1) is 8.21. The third-order valence-corrected chi connectivity index (χ3v) is 2.85. The Morgan fingerprint density at radius 2 is 1.89 bits per heavy atom. The number of nitrogens with zero attached hydrogens (tertiary/aromatic N) is 4. The lowest BCUT2D eigenvalue weighted by atomic mass is 9.90. The molecule has 1 aliphatic rings. The molecule has 0 saturated carbocycles. The largest absolute Gasteiger partial charge is 0.302 e. The fourth-order valence-electron chi connectivity index (χ4n) is 2.00. The summed E-state index contributed by atoms with van der Waals surface area (Å²) in [4.78, 5) is 16.0. The van der Waals surface area contributed by atoms with Crippen LogP contribution in [0.3, 0.4) is 0 Å². The van der Waals surface area contributed by atoms with E-state index in [4.69, 9.17) is 11.6 Å². The second kappa shape index (κ2) is 4.09. The minimum atomic E-state index is -0.421. The van der Waals surface area contributed by atoms with Crippen LogP contribution in [0.5, 0.6) is 0 Å². The van der Waals surface area contributed by atoms with Gasteiger partial charge in [0.1, 0.15) is 5.69 Å². The van der Waals surface area contributed by atoms with Crippen LogP contribution in [0.4, 0.5) is 5.69 Å². The Labute approximate surface area is 111 Å². The van der Waals surface area contributed by atoms with Crippen LogP contribution in [0.25, 0.3) is 0 Å². The third kappa shape index (κ3) is 2.03. The van der Waals surface area contributed by atoms with Gasteiger partial charge in [0, 0.05) is 11.5 Å². The molecule has 0 aromatic carbocycles. The van der Waals surface area contributed by atoms with Gasteiger partial charge in [-0.25, -0.2) is 4.99 Å². The van der Waals surface area contributed by atoms with E-state index in [1.807, 2.05) is 18.5 Å². The lowest BCUT2D eigenvalue weighted by molar-refractivity contribution is 0.0967. The van der Waals surface area contributed by atoms with Crippen LogP contribution in [0, 0.1) is 0 Å². The van der Waals surface area contributed by atoms with Crippen LogP contribution in [-0.4, -0.2) is 21.0 Å². The minimum Gasteiger partial charge on any atom is -0.265 e. The van der Waals surface area contributed by atoms with Crippen LogP contribution < -0.4 is 5.32 Å². The highest BCUT2D eigenvalue weighted by Gasteiger charge is 2.34. The summed E-state index contributed by atoms with van der Waals surface area (Å²) in [6.07, 6.45) is 0. The van der Waals surface area contributed by atoms with Gasteiger partial charge < -0.3 is 0 Å². The monoisotopic (exact) mass is 267 g/mol. The van der Waals surface area contributed by atoms with E-state index in [9.17, 15) is 4.79 Å². The Balaban J connectivity index is 2.75. The average molecular weight is 268 g/mol. The quantitative estimate of drug-likeness (QED) is 0.735. The number of carbonyl (C=O) groups excluding carboxylic acids is 1. The smallest absolute Gasteiger partial charge is 0.265 e. The number of hydrogen-bond donors (Lipinski definition) is 0. The molecule has 1 aromatic rings. The molecule has 5 nitrogen and oxygen atoms in total. The van der Waals surface area contributed by atoms with Gasteiger partial charge in [-0.1, -0.05) is 20.8 Å². The van der Waals surface area contributed by atoms with Gasteiger partial charge in [-0.3, -0.25) is 9.48 Å². The Morgan fingerprint density at radius 1 is 1.28 bits per heavy atom. The highest BCUT2D eigenvalue weighted by molar-refractivity contribution is 6.66. The number of fused-ring (bicyclic) bond motifs is 1. The summed E-state index contributed by atoms with van der Waals surface area (Å²) in [5.74, 6) is -0.421. The number of amidine groups is 1. The number of aromatic nitrogens is 2. The maximum Gasteiger partial charge on any atom is 0.302 e. The van der Waals surface area contributed by atoms with Gasteiger partial charge in [0.2, 0.25) is 5.29 Å². The molecule has 0 saturated heterocycles. The normalized spacial score (nSPS) is 15.5. The molecular weight excluding hydrogens is 252 g/mol. The number of carbonyl (C=O) groups is 1. The maximum atomic E-state index is 11.8. The molecule has 0 spiro atoms. The van der Waals surface area contributed by atoms with Gasteiger partial charge in [-0.15, -0.1) is 0 Å². The van der Waals surface area contributed by atoms with Gasteiger partial charge in [-0.2, -0.15) is 10.4 Å². The average Bonchev–Trinajstić information content (AvgIpc) is 2.56. The fourth-order valence-corrected chi connectivity index (χ4v) is 2.16. The van der Waals surface area contributed by atoms with Crippen LogP contribution >= 0.6 is 11.6 Å². The molecule has 0 N–H and O–H groups in total. The summed E-state index contributed by atoms with van der Waals surface area (Å²) >= 11 is 5.78. The maximum absolute atomic E-state index is 11.8. The summed E-state index contributed by atoms with van der Waals surface area (Å²) in [5.41, 5.74) is 1.58. The van der Waals surface area contributed by atoms with Gasteiger partial charge in [0.15, 0.2) is 5.69 Å². The predicted octanol–water partition coefficient (Wildman–Crippen LogP) is 2.75. The first kappa shape index (κ1) is 13.1. The summed E-state index contributed by atoms with van der Waals surface area (Å²) < 4.78 is 1.83. The molecule has 1 aliphatic heterocycles. The number of amides is 1. The number of rotatable bonds is 1. The van der Waals surface area contributed by atoms with Crippen molar-refractivity contribution < 1.29 is 4.79 Å². The zero-order valence-corrected chi connectivity index (χ0v) is 11.9. The van der Waals surface area contributed by atoms with Crippen molar-refractivity contribution in [3.63, 3.8) is 0 Å². The molecule has 1 aromatic heterocycles. The van der Waals surface area contributed by atoms with Crippen LogP contribution in [0.2, 0.25) is 0 Å². The highest BCUT2D eigenvalue weighted by Crippen LogP contribution is 2.37. The number of halogens is 1. The van der Waals surface area contributed by atoms with E-state index >= 15 is 0 Å². The molecule has 18 heavy (non-hydrogen) atoms. The molecule has 0 atom stereocenters. The molecule has 0 aliphatic carbocycles. The van der Waals surface area contributed by atoms with E-state index in [-0.39, 0.29) is 22.4 Å². The molecule has 1 radical (unpaired) electrons. The molecule has 2 heterocycles. The highest BCUT2D eigenvalue weighted by atomic mass is 35.5. The third-order valence-electron chi connectivity index (χ3n) is 2.69. The Hall–Kier alpha value is -1.36. The number of aliphatic imine (C=N–C) groups is 1. The minimum absolute atomic E-state index is 0.0266. The van der Waals surface area contributed by atoms with Crippen molar-refractivity contribution in [3.05, 3.63) is 11.4 Å². The first-order valence-corrected chi connectivity index (χ1v) is 6.23. The van der Waals surface area contributed by atoms with Crippen LogP contribution in [0.1, 0.15) is 56.8 Å². The van der Waals surface area contributed by atoms with Gasteiger partial charge in [0.05, 0.1) is 5.69 Å². The Morgan fingerprint density at radius 3 is 2.39 bits per heavy atom. The van der Waals surface area contributed by atoms with Crippen LogP contribution in [0.15, 0.2) is 4.99 Å². The van der Waals surface area contributed by atoms with Gasteiger partial charge in [-0.05, 0) is 25.4 Å². The lowest BCUT2D eigenvalue weighted by Crippen LogP contribution is -2.23. The van der Waals surface area contributed by atoms with E-state index < -0.39 is 5.91 Å². The summed E-state index contributed by atoms with van der Waals surface area (Å²) in [5, 5.41) is 7.93. The molecule has 0 bridgehead atoms. The fraction of sp³-hybridized carbons (Fsp3) is 0.583. The van der Waals surface area contributed by atoms with E-state index in [0.29, 0.717) is 5.69 Å². The zero-order valence-electron chi connectivity index (χ0n) is 11.2. The molecule has 97 valence electrons. The molecule has 6 heteroatoms. The second-order valence-corrected chi connectivity index (χ2v) is 5.97. The van der Waals surface area contributed by atoms with E-state index in [1.54, 1.807) is 0 Å². The lowest BCUT2D eigenvalue weighted by Gasteiger charge is -2.23. The molecule has 0 fully saturated rings. The van der Waals surface area contributed by atoms with Crippen molar-refractivity contribution >= 4 is 28.5 Å². The first-order valence-electron chi connectivity index (χ1n) is 5.85.